The second-order valence-corrected chi connectivity index (χ2v) is 5.33. The second kappa shape index (κ2) is 5.19. The molecule has 1 aromatic carbocycles. The number of nitrogens with two attached hydrogens (primary N) is 1. The Kier molecular flexibility index (Phi) is 3.40. The Hall–Kier alpha value is -1.59. The summed E-state index contributed by atoms with van der Waals surface area (Å²) in [5.41, 5.74) is 6.94. The van der Waals surface area contributed by atoms with Crippen molar-refractivity contribution in [1.82, 2.24) is 10.6 Å². The van der Waals surface area contributed by atoms with E-state index in [1.165, 1.54) is 19.3 Å². The molecule has 1 fully saturated rings. The highest BCUT2D eigenvalue weighted by Crippen LogP contribution is 2.27. The van der Waals surface area contributed by atoms with Crippen LogP contribution in [0.1, 0.15) is 32.1 Å². The molecule has 0 aromatic heterocycles. The Labute approximate surface area is 113 Å². The molecular weight excluding hydrogens is 238 g/mol. The number of para-hydroxylation sites is 1. The molecule has 2 aliphatic rings. The largest absolute Gasteiger partial charge is 0.338 e. The minimum absolute atomic E-state index is 0.0868. The number of nitrogens with zero attached hydrogens (tertiary/aromatic N) is 1. The molecule has 0 bridgehead atoms. The van der Waals surface area contributed by atoms with Gasteiger partial charge in [0, 0.05) is 5.69 Å². The first-order valence-corrected chi connectivity index (χ1v) is 6.97. The minimum atomic E-state index is -0.342. The SMILES string of the molecule is NC1N=C(Nc2ccccc2)NC2(CCCCC2)N1. The van der Waals surface area contributed by atoms with E-state index in [2.05, 4.69) is 20.9 Å². The van der Waals surface area contributed by atoms with Crippen molar-refractivity contribution in [2.45, 2.75) is 44.1 Å². The van der Waals surface area contributed by atoms with Gasteiger partial charge in [-0.1, -0.05) is 24.6 Å². The molecule has 1 heterocycles. The molecule has 0 saturated heterocycles. The van der Waals surface area contributed by atoms with E-state index < -0.39 is 0 Å². The fraction of sp³-hybridized carbons (Fsp3) is 0.500. The van der Waals surface area contributed by atoms with E-state index in [-0.39, 0.29) is 12.0 Å². The van der Waals surface area contributed by atoms with E-state index in [1.54, 1.807) is 0 Å². The second-order valence-electron chi connectivity index (χ2n) is 5.33. The average molecular weight is 259 g/mol. The number of anilines is 1. The van der Waals surface area contributed by atoms with Gasteiger partial charge in [-0.05, 0) is 37.8 Å². The molecule has 5 N–H and O–H groups in total. The number of rotatable bonds is 1. The molecule has 102 valence electrons. The van der Waals surface area contributed by atoms with Crippen LogP contribution in [0.15, 0.2) is 35.3 Å². The molecule has 0 radical (unpaired) electrons. The zero-order valence-corrected chi connectivity index (χ0v) is 11.0. The van der Waals surface area contributed by atoms with Crippen LogP contribution in [0.2, 0.25) is 0 Å². The van der Waals surface area contributed by atoms with Crippen molar-refractivity contribution in [3.8, 4) is 0 Å². The molecule has 1 aliphatic carbocycles. The van der Waals surface area contributed by atoms with Gasteiger partial charge in [0.05, 0.1) is 5.66 Å². The molecule has 1 saturated carbocycles. The Balaban J connectivity index is 1.74. The van der Waals surface area contributed by atoms with Gasteiger partial charge >= 0.3 is 0 Å². The Morgan fingerprint density at radius 1 is 1.16 bits per heavy atom. The van der Waals surface area contributed by atoms with Crippen molar-refractivity contribution in [1.29, 1.82) is 0 Å². The first kappa shape index (κ1) is 12.4. The Morgan fingerprint density at radius 2 is 1.89 bits per heavy atom. The summed E-state index contributed by atoms with van der Waals surface area (Å²) >= 11 is 0. The zero-order valence-electron chi connectivity index (χ0n) is 11.0. The Bertz CT molecular complexity index is 450. The quantitative estimate of drug-likeness (QED) is 0.617. The number of guanidine groups is 1. The number of aliphatic imine (C=N–C) groups is 1. The summed E-state index contributed by atoms with van der Waals surface area (Å²) in [7, 11) is 0. The van der Waals surface area contributed by atoms with E-state index >= 15 is 0 Å². The van der Waals surface area contributed by atoms with Crippen LogP contribution in [0, 0.1) is 0 Å². The first-order chi connectivity index (χ1) is 9.26. The summed E-state index contributed by atoms with van der Waals surface area (Å²) in [5, 5.41) is 10.2. The summed E-state index contributed by atoms with van der Waals surface area (Å²) in [6.07, 6.45) is 5.60. The highest BCUT2D eigenvalue weighted by molar-refractivity contribution is 5.94. The summed E-state index contributed by atoms with van der Waals surface area (Å²) in [6.45, 7) is 0. The molecule has 19 heavy (non-hydrogen) atoms. The molecule has 3 rings (SSSR count). The fourth-order valence-electron chi connectivity index (χ4n) is 2.90. The third kappa shape index (κ3) is 2.88. The van der Waals surface area contributed by atoms with Gasteiger partial charge in [-0.15, -0.1) is 0 Å². The maximum atomic E-state index is 6.01. The molecule has 5 nitrogen and oxygen atoms in total. The molecule has 1 aliphatic heterocycles. The maximum absolute atomic E-state index is 6.01. The summed E-state index contributed by atoms with van der Waals surface area (Å²) in [6, 6.07) is 10.0. The van der Waals surface area contributed by atoms with Gasteiger partial charge in [0.25, 0.3) is 0 Å². The monoisotopic (exact) mass is 259 g/mol. The lowest BCUT2D eigenvalue weighted by atomic mass is 9.88. The maximum Gasteiger partial charge on any atom is 0.200 e. The molecule has 0 amide bonds. The smallest absolute Gasteiger partial charge is 0.200 e. The molecule has 1 atom stereocenters. The normalized spacial score (nSPS) is 25.5. The lowest BCUT2D eigenvalue weighted by molar-refractivity contribution is 0.179. The molecule has 1 spiro atoms. The van der Waals surface area contributed by atoms with Crippen molar-refractivity contribution in [3.63, 3.8) is 0 Å². The van der Waals surface area contributed by atoms with Crippen LogP contribution in [0.4, 0.5) is 5.69 Å². The lowest BCUT2D eigenvalue weighted by Crippen LogP contribution is -2.68. The third-order valence-electron chi connectivity index (χ3n) is 3.79. The molecule has 1 unspecified atom stereocenters. The predicted molar refractivity (Wildman–Crippen MR) is 77.6 cm³/mol. The average Bonchev–Trinajstić information content (AvgIpc) is 2.39. The molecule has 1 aromatic rings. The summed E-state index contributed by atoms with van der Waals surface area (Å²) in [5.74, 6) is 0.763. The standard InChI is InChI=1S/C14H21N5/c15-12-17-13(16-11-7-3-1-4-8-11)19-14(18-12)9-5-2-6-10-14/h1,3-4,7-8,12,18H,2,5-6,9-10,15H2,(H2,16,17,19). The Morgan fingerprint density at radius 3 is 2.63 bits per heavy atom. The van der Waals surface area contributed by atoms with Crippen LogP contribution in [-0.2, 0) is 0 Å². The third-order valence-corrected chi connectivity index (χ3v) is 3.79. The van der Waals surface area contributed by atoms with Crippen molar-refractivity contribution < 1.29 is 0 Å². The van der Waals surface area contributed by atoms with Gasteiger partial charge in [0.2, 0.25) is 0 Å². The van der Waals surface area contributed by atoms with Gasteiger partial charge in [-0.2, -0.15) is 0 Å². The van der Waals surface area contributed by atoms with E-state index in [0.717, 1.165) is 24.5 Å². The fourth-order valence-corrected chi connectivity index (χ4v) is 2.90. The van der Waals surface area contributed by atoms with Gasteiger partial charge in [0.15, 0.2) is 12.2 Å². The van der Waals surface area contributed by atoms with E-state index in [0.29, 0.717) is 0 Å². The van der Waals surface area contributed by atoms with Crippen molar-refractivity contribution >= 4 is 11.6 Å². The number of hydrogen-bond donors (Lipinski definition) is 4. The van der Waals surface area contributed by atoms with Crippen LogP contribution >= 0.6 is 0 Å². The first-order valence-electron chi connectivity index (χ1n) is 6.97. The summed E-state index contributed by atoms with van der Waals surface area (Å²) < 4.78 is 0. The van der Waals surface area contributed by atoms with E-state index in [4.69, 9.17) is 5.73 Å². The molecular formula is C14H21N5. The number of hydrogen-bond acceptors (Lipinski definition) is 5. The van der Waals surface area contributed by atoms with Crippen LogP contribution in [-0.4, -0.2) is 17.9 Å². The van der Waals surface area contributed by atoms with Crippen molar-refractivity contribution in [3.05, 3.63) is 30.3 Å². The number of benzene rings is 1. The van der Waals surface area contributed by atoms with Crippen LogP contribution in [0.3, 0.4) is 0 Å². The van der Waals surface area contributed by atoms with Crippen LogP contribution < -0.4 is 21.7 Å². The van der Waals surface area contributed by atoms with E-state index in [9.17, 15) is 0 Å². The predicted octanol–water partition coefficient (Wildman–Crippen LogP) is 1.55. The van der Waals surface area contributed by atoms with Crippen LogP contribution in [0.25, 0.3) is 0 Å². The summed E-state index contributed by atoms with van der Waals surface area (Å²) in [4.78, 5) is 4.39. The van der Waals surface area contributed by atoms with E-state index in [1.807, 2.05) is 30.3 Å². The van der Waals surface area contributed by atoms with Gasteiger partial charge in [0.1, 0.15) is 0 Å². The topological polar surface area (TPSA) is 74.5 Å². The van der Waals surface area contributed by atoms with Crippen molar-refractivity contribution in [2.24, 2.45) is 10.7 Å². The van der Waals surface area contributed by atoms with Gasteiger partial charge < -0.3 is 10.6 Å². The highest BCUT2D eigenvalue weighted by atomic mass is 15.4. The van der Waals surface area contributed by atoms with Gasteiger partial charge in [-0.25, -0.2) is 4.99 Å². The highest BCUT2D eigenvalue weighted by Gasteiger charge is 2.36. The lowest BCUT2D eigenvalue weighted by Gasteiger charge is -2.44. The zero-order chi connectivity index (χ0) is 13.1. The van der Waals surface area contributed by atoms with Gasteiger partial charge in [-0.3, -0.25) is 11.1 Å². The minimum Gasteiger partial charge on any atom is -0.338 e. The van der Waals surface area contributed by atoms with Crippen molar-refractivity contribution in [2.75, 3.05) is 5.32 Å². The van der Waals surface area contributed by atoms with Crippen LogP contribution in [0.5, 0.6) is 0 Å². The molecule has 5 heteroatoms. The number of nitrogens with one attached hydrogen (secondary N) is 3.